The Bertz CT molecular complexity index is 320. The Kier molecular flexibility index (Phi) is 3.83. The fraction of sp³-hybridized carbons (Fsp3) is 0.571. The summed E-state index contributed by atoms with van der Waals surface area (Å²) in [5, 5.41) is 12.4. The molecule has 0 aliphatic heterocycles. The fourth-order valence-corrected chi connectivity index (χ4v) is 2.47. The highest BCUT2D eigenvalue weighted by molar-refractivity contribution is 5.45. The Morgan fingerprint density at radius 2 is 2.00 bits per heavy atom. The molecular formula is C14H21NO. The van der Waals surface area contributed by atoms with E-state index in [0.29, 0.717) is 6.04 Å². The fourth-order valence-electron chi connectivity index (χ4n) is 2.47. The summed E-state index contributed by atoms with van der Waals surface area (Å²) >= 11 is 0. The van der Waals surface area contributed by atoms with Gasteiger partial charge in [-0.3, -0.25) is 0 Å². The van der Waals surface area contributed by atoms with Crippen molar-refractivity contribution in [2.75, 3.05) is 11.9 Å². The van der Waals surface area contributed by atoms with Crippen LogP contribution < -0.4 is 5.32 Å². The smallest absolute Gasteiger partial charge is 0.0471 e. The Morgan fingerprint density at radius 1 is 1.25 bits per heavy atom. The van der Waals surface area contributed by atoms with E-state index in [0.717, 1.165) is 12.3 Å². The summed E-state index contributed by atoms with van der Waals surface area (Å²) in [6.07, 6.45) is 4.74. The van der Waals surface area contributed by atoms with Crippen LogP contribution in [0.3, 0.4) is 0 Å². The number of aliphatic hydroxyl groups excluding tert-OH is 1. The molecule has 1 aliphatic carbocycles. The topological polar surface area (TPSA) is 32.3 Å². The molecule has 0 amide bonds. The first-order chi connectivity index (χ1) is 7.79. The molecule has 2 nitrogen and oxygen atoms in total. The number of hydrogen-bond donors (Lipinski definition) is 2. The lowest BCUT2D eigenvalue weighted by atomic mass is 10.1. The van der Waals surface area contributed by atoms with Gasteiger partial charge in [0.1, 0.15) is 0 Å². The van der Waals surface area contributed by atoms with Gasteiger partial charge in [-0.2, -0.15) is 0 Å². The number of anilines is 1. The first-order valence-corrected chi connectivity index (χ1v) is 6.26. The van der Waals surface area contributed by atoms with Crippen molar-refractivity contribution in [1.29, 1.82) is 0 Å². The molecule has 1 aliphatic rings. The Hall–Kier alpha value is -1.02. The summed E-state index contributed by atoms with van der Waals surface area (Å²) in [4.78, 5) is 0. The molecule has 0 radical (unpaired) electrons. The van der Waals surface area contributed by atoms with Crippen molar-refractivity contribution in [1.82, 2.24) is 0 Å². The maximum atomic E-state index is 8.84. The summed E-state index contributed by atoms with van der Waals surface area (Å²) in [6, 6.07) is 9.08. The van der Waals surface area contributed by atoms with Gasteiger partial charge in [-0.15, -0.1) is 0 Å². The second-order valence-electron chi connectivity index (χ2n) is 4.83. The van der Waals surface area contributed by atoms with Gasteiger partial charge in [0.2, 0.25) is 0 Å². The summed E-state index contributed by atoms with van der Waals surface area (Å²) in [5.74, 6) is 0.789. The molecule has 2 unspecified atom stereocenters. The van der Waals surface area contributed by atoms with Crippen molar-refractivity contribution < 1.29 is 5.11 Å². The van der Waals surface area contributed by atoms with Crippen LogP contribution >= 0.6 is 0 Å². The standard InChI is InChI=1S/C14H21NO/c1-11-3-2-4-14(11)15-13-7-5-12(6-8-13)9-10-16/h5-8,11,14-16H,2-4,9-10H2,1H3. The van der Waals surface area contributed by atoms with E-state index in [2.05, 4.69) is 36.5 Å². The summed E-state index contributed by atoms with van der Waals surface area (Å²) in [6.45, 7) is 2.55. The molecule has 0 aromatic heterocycles. The van der Waals surface area contributed by atoms with Crippen LogP contribution in [-0.2, 0) is 6.42 Å². The lowest BCUT2D eigenvalue weighted by Crippen LogP contribution is -2.21. The van der Waals surface area contributed by atoms with Gasteiger partial charge < -0.3 is 10.4 Å². The third kappa shape index (κ3) is 2.76. The third-order valence-corrected chi connectivity index (χ3v) is 3.57. The number of aliphatic hydroxyl groups is 1. The average Bonchev–Trinajstić information content (AvgIpc) is 2.68. The number of rotatable bonds is 4. The molecule has 0 saturated heterocycles. The average molecular weight is 219 g/mol. The van der Waals surface area contributed by atoms with E-state index in [-0.39, 0.29) is 6.61 Å². The predicted molar refractivity (Wildman–Crippen MR) is 67.7 cm³/mol. The highest BCUT2D eigenvalue weighted by atomic mass is 16.2. The van der Waals surface area contributed by atoms with Crippen molar-refractivity contribution in [3.05, 3.63) is 29.8 Å². The Morgan fingerprint density at radius 3 is 2.56 bits per heavy atom. The molecule has 1 aromatic rings. The van der Waals surface area contributed by atoms with Gasteiger partial charge in [0.15, 0.2) is 0 Å². The summed E-state index contributed by atoms with van der Waals surface area (Å²) in [5.41, 5.74) is 2.41. The second kappa shape index (κ2) is 5.35. The van der Waals surface area contributed by atoms with Gasteiger partial charge in [-0.25, -0.2) is 0 Å². The summed E-state index contributed by atoms with van der Waals surface area (Å²) < 4.78 is 0. The zero-order valence-corrected chi connectivity index (χ0v) is 9.95. The minimum Gasteiger partial charge on any atom is -0.396 e. The molecule has 2 atom stereocenters. The van der Waals surface area contributed by atoms with Crippen LogP contribution in [0, 0.1) is 5.92 Å². The van der Waals surface area contributed by atoms with Gasteiger partial charge in [0.05, 0.1) is 0 Å². The van der Waals surface area contributed by atoms with E-state index in [4.69, 9.17) is 5.11 Å². The molecule has 2 N–H and O–H groups in total. The maximum Gasteiger partial charge on any atom is 0.0471 e. The van der Waals surface area contributed by atoms with E-state index in [9.17, 15) is 0 Å². The molecule has 1 fully saturated rings. The van der Waals surface area contributed by atoms with Gasteiger partial charge in [-0.1, -0.05) is 25.5 Å². The maximum absolute atomic E-state index is 8.84. The first kappa shape index (κ1) is 11.5. The Labute approximate surface area is 97.7 Å². The summed E-state index contributed by atoms with van der Waals surface area (Å²) in [7, 11) is 0. The van der Waals surface area contributed by atoms with E-state index >= 15 is 0 Å². The first-order valence-electron chi connectivity index (χ1n) is 6.26. The molecule has 88 valence electrons. The minimum atomic E-state index is 0.229. The van der Waals surface area contributed by atoms with E-state index in [1.54, 1.807) is 0 Å². The van der Waals surface area contributed by atoms with E-state index < -0.39 is 0 Å². The third-order valence-electron chi connectivity index (χ3n) is 3.57. The molecule has 2 heteroatoms. The lowest BCUT2D eigenvalue weighted by Gasteiger charge is -2.18. The molecule has 0 heterocycles. The van der Waals surface area contributed by atoms with Crippen molar-refractivity contribution in [3.8, 4) is 0 Å². The predicted octanol–water partition coefficient (Wildman–Crippen LogP) is 2.82. The number of nitrogens with one attached hydrogen (secondary N) is 1. The SMILES string of the molecule is CC1CCCC1Nc1ccc(CCO)cc1. The molecule has 1 saturated carbocycles. The van der Waals surface area contributed by atoms with Crippen molar-refractivity contribution in [3.63, 3.8) is 0 Å². The van der Waals surface area contributed by atoms with Crippen LogP contribution in [0.25, 0.3) is 0 Å². The van der Waals surface area contributed by atoms with Gasteiger partial charge in [0, 0.05) is 18.3 Å². The second-order valence-corrected chi connectivity index (χ2v) is 4.83. The molecule has 0 bridgehead atoms. The molecule has 1 aromatic carbocycles. The lowest BCUT2D eigenvalue weighted by molar-refractivity contribution is 0.299. The van der Waals surface area contributed by atoms with Crippen LogP contribution in [0.15, 0.2) is 24.3 Å². The largest absolute Gasteiger partial charge is 0.396 e. The zero-order valence-electron chi connectivity index (χ0n) is 9.95. The molecular weight excluding hydrogens is 198 g/mol. The van der Waals surface area contributed by atoms with Crippen LogP contribution in [0.5, 0.6) is 0 Å². The van der Waals surface area contributed by atoms with Crippen LogP contribution in [-0.4, -0.2) is 17.8 Å². The van der Waals surface area contributed by atoms with Crippen LogP contribution in [0.2, 0.25) is 0 Å². The van der Waals surface area contributed by atoms with E-state index in [1.165, 1.54) is 30.5 Å². The van der Waals surface area contributed by atoms with Crippen molar-refractivity contribution in [2.24, 2.45) is 5.92 Å². The van der Waals surface area contributed by atoms with Crippen molar-refractivity contribution >= 4 is 5.69 Å². The highest BCUT2D eigenvalue weighted by Crippen LogP contribution is 2.27. The number of benzene rings is 1. The van der Waals surface area contributed by atoms with Crippen molar-refractivity contribution in [2.45, 2.75) is 38.6 Å². The zero-order chi connectivity index (χ0) is 11.4. The monoisotopic (exact) mass is 219 g/mol. The normalized spacial score (nSPS) is 24.6. The minimum absolute atomic E-state index is 0.229. The van der Waals surface area contributed by atoms with Crippen LogP contribution in [0.1, 0.15) is 31.7 Å². The van der Waals surface area contributed by atoms with Gasteiger partial charge >= 0.3 is 0 Å². The van der Waals surface area contributed by atoms with E-state index in [1.807, 2.05) is 0 Å². The van der Waals surface area contributed by atoms with Gasteiger partial charge in [0.25, 0.3) is 0 Å². The highest BCUT2D eigenvalue weighted by Gasteiger charge is 2.22. The molecule has 0 spiro atoms. The van der Waals surface area contributed by atoms with Crippen LogP contribution in [0.4, 0.5) is 5.69 Å². The Balaban J connectivity index is 1.94. The molecule has 16 heavy (non-hydrogen) atoms. The molecule has 2 rings (SSSR count). The number of hydrogen-bond acceptors (Lipinski definition) is 2. The quantitative estimate of drug-likeness (QED) is 0.816. The van der Waals surface area contributed by atoms with Gasteiger partial charge in [-0.05, 0) is 42.9 Å².